The zero-order valence-electron chi connectivity index (χ0n) is 14.6. The number of hydrogen-bond donors (Lipinski definition) is 1. The molecule has 0 saturated heterocycles. The van der Waals surface area contributed by atoms with Crippen molar-refractivity contribution in [2.45, 2.75) is 13.0 Å². The first kappa shape index (κ1) is 19.4. The molecule has 2 aromatic rings. The van der Waals surface area contributed by atoms with Crippen LogP contribution in [-0.4, -0.2) is 36.1 Å². The van der Waals surface area contributed by atoms with Gasteiger partial charge in [0.1, 0.15) is 13.2 Å². The first-order valence-electron chi connectivity index (χ1n) is 8.20. The molecule has 0 saturated carbocycles. The SMILES string of the molecule is CC(OC(=O)c1ccc([N+](=O)[O-])cc1Cl)C(=O)Nc1ccc2c(c1)OCCO2. The van der Waals surface area contributed by atoms with Crippen LogP contribution in [-0.2, 0) is 9.53 Å². The summed E-state index contributed by atoms with van der Waals surface area (Å²) < 4.78 is 16.0. The number of hydrogen-bond acceptors (Lipinski definition) is 7. The Labute approximate surface area is 164 Å². The van der Waals surface area contributed by atoms with Gasteiger partial charge >= 0.3 is 5.97 Å². The molecule has 1 unspecified atom stereocenters. The van der Waals surface area contributed by atoms with Crippen LogP contribution in [0.25, 0.3) is 0 Å². The minimum absolute atomic E-state index is 0.0775. The Bertz CT molecular complexity index is 948. The van der Waals surface area contributed by atoms with Crippen molar-refractivity contribution < 1.29 is 28.7 Å². The van der Waals surface area contributed by atoms with E-state index in [-0.39, 0.29) is 16.3 Å². The van der Waals surface area contributed by atoms with Crippen molar-refractivity contribution in [3.05, 3.63) is 57.1 Å². The lowest BCUT2D eigenvalue weighted by atomic mass is 10.2. The maximum atomic E-state index is 12.3. The van der Waals surface area contributed by atoms with Gasteiger partial charge in [-0.05, 0) is 25.1 Å². The number of benzene rings is 2. The molecule has 0 radical (unpaired) electrons. The Kier molecular flexibility index (Phi) is 5.65. The third-order valence-corrected chi connectivity index (χ3v) is 4.16. The predicted molar refractivity (Wildman–Crippen MR) is 99.0 cm³/mol. The lowest BCUT2D eigenvalue weighted by Crippen LogP contribution is -2.30. The maximum Gasteiger partial charge on any atom is 0.340 e. The number of rotatable bonds is 5. The van der Waals surface area contributed by atoms with Crippen molar-refractivity contribution in [3.8, 4) is 11.5 Å². The minimum atomic E-state index is -1.13. The monoisotopic (exact) mass is 406 g/mol. The fraction of sp³-hybridized carbons (Fsp3) is 0.222. The van der Waals surface area contributed by atoms with Gasteiger partial charge < -0.3 is 19.5 Å². The van der Waals surface area contributed by atoms with Crippen molar-refractivity contribution in [1.29, 1.82) is 0 Å². The van der Waals surface area contributed by atoms with Gasteiger partial charge in [0, 0.05) is 23.9 Å². The molecule has 10 heteroatoms. The first-order valence-corrected chi connectivity index (χ1v) is 8.58. The highest BCUT2D eigenvalue weighted by atomic mass is 35.5. The van der Waals surface area contributed by atoms with Crippen molar-refractivity contribution >= 4 is 34.9 Å². The Morgan fingerprint density at radius 1 is 1.18 bits per heavy atom. The van der Waals surface area contributed by atoms with Crippen LogP contribution >= 0.6 is 11.6 Å². The van der Waals surface area contributed by atoms with E-state index in [9.17, 15) is 19.7 Å². The number of halogens is 1. The number of amides is 1. The van der Waals surface area contributed by atoms with Gasteiger partial charge in [0.25, 0.3) is 11.6 Å². The van der Waals surface area contributed by atoms with Crippen LogP contribution in [0.1, 0.15) is 17.3 Å². The smallest absolute Gasteiger partial charge is 0.340 e. The third-order valence-electron chi connectivity index (χ3n) is 3.85. The van der Waals surface area contributed by atoms with Gasteiger partial charge in [-0.25, -0.2) is 4.79 Å². The molecule has 0 aliphatic carbocycles. The highest BCUT2D eigenvalue weighted by molar-refractivity contribution is 6.33. The van der Waals surface area contributed by atoms with Gasteiger partial charge in [-0.3, -0.25) is 14.9 Å². The maximum absolute atomic E-state index is 12.3. The third kappa shape index (κ3) is 4.32. The largest absolute Gasteiger partial charge is 0.486 e. The second-order valence-corrected chi connectivity index (χ2v) is 6.22. The molecule has 28 heavy (non-hydrogen) atoms. The van der Waals surface area contributed by atoms with E-state index in [2.05, 4.69) is 5.32 Å². The molecular weight excluding hydrogens is 392 g/mol. The Morgan fingerprint density at radius 2 is 1.89 bits per heavy atom. The summed E-state index contributed by atoms with van der Waals surface area (Å²) >= 11 is 5.90. The summed E-state index contributed by atoms with van der Waals surface area (Å²) in [6, 6.07) is 8.24. The summed E-state index contributed by atoms with van der Waals surface area (Å²) in [5, 5.41) is 13.2. The molecule has 0 bridgehead atoms. The molecule has 146 valence electrons. The van der Waals surface area contributed by atoms with Crippen LogP contribution in [0.5, 0.6) is 11.5 Å². The van der Waals surface area contributed by atoms with Crippen LogP contribution in [0.2, 0.25) is 5.02 Å². The zero-order chi connectivity index (χ0) is 20.3. The number of ether oxygens (including phenoxy) is 3. The number of esters is 1. The molecule has 3 rings (SSSR count). The van der Waals surface area contributed by atoms with Gasteiger partial charge in [0.05, 0.1) is 15.5 Å². The van der Waals surface area contributed by atoms with Gasteiger partial charge in [0.2, 0.25) is 0 Å². The van der Waals surface area contributed by atoms with E-state index in [1.165, 1.54) is 13.0 Å². The summed E-state index contributed by atoms with van der Waals surface area (Å²) in [5.41, 5.74) is 0.114. The van der Waals surface area contributed by atoms with Crippen LogP contribution in [0, 0.1) is 10.1 Å². The Morgan fingerprint density at radius 3 is 2.57 bits per heavy atom. The Balaban J connectivity index is 1.64. The standard InChI is InChI=1S/C18H15ClN2O7/c1-10(28-18(23)13-4-3-12(21(24)25)9-14(13)19)17(22)20-11-2-5-15-16(8-11)27-7-6-26-15/h2-5,8-10H,6-7H2,1H3,(H,20,22). The fourth-order valence-corrected chi connectivity index (χ4v) is 2.68. The number of nitro groups is 1. The molecular formula is C18H15ClN2O7. The molecule has 0 spiro atoms. The average molecular weight is 407 g/mol. The molecule has 1 heterocycles. The van der Waals surface area contributed by atoms with Crippen LogP contribution in [0.3, 0.4) is 0 Å². The van der Waals surface area contributed by atoms with E-state index in [4.69, 9.17) is 25.8 Å². The molecule has 0 aromatic heterocycles. The topological polar surface area (TPSA) is 117 Å². The molecule has 1 aliphatic rings. The highest BCUT2D eigenvalue weighted by Gasteiger charge is 2.22. The summed E-state index contributed by atoms with van der Waals surface area (Å²) in [7, 11) is 0. The molecule has 1 amide bonds. The van der Waals surface area contributed by atoms with Crippen LogP contribution in [0.15, 0.2) is 36.4 Å². The lowest BCUT2D eigenvalue weighted by Gasteiger charge is -2.19. The first-order chi connectivity index (χ1) is 13.3. The molecule has 9 nitrogen and oxygen atoms in total. The number of nitrogens with zero attached hydrogens (tertiary/aromatic N) is 1. The molecule has 1 N–H and O–H groups in total. The number of carbonyl (C=O) groups is 2. The van der Waals surface area contributed by atoms with Crippen molar-refractivity contribution in [3.63, 3.8) is 0 Å². The van der Waals surface area contributed by atoms with E-state index in [1.807, 2.05) is 0 Å². The lowest BCUT2D eigenvalue weighted by molar-refractivity contribution is -0.384. The minimum Gasteiger partial charge on any atom is -0.486 e. The van der Waals surface area contributed by atoms with Gasteiger partial charge in [0.15, 0.2) is 17.6 Å². The number of fused-ring (bicyclic) bond motifs is 1. The van der Waals surface area contributed by atoms with Gasteiger partial charge in [-0.1, -0.05) is 11.6 Å². The average Bonchev–Trinajstić information content (AvgIpc) is 2.67. The Hall–Kier alpha value is -3.33. The zero-order valence-corrected chi connectivity index (χ0v) is 15.4. The number of anilines is 1. The molecule has 1 aliphatic heterocycles. The second-order valence-electron chi connectivity index (χ2n) is 5.82. The van der Waals surface area contributed by atoms with E-state index in [1.54, 1.807) is 18.2 Å². The summed E-state index contributed by atoms with van der Waals surface area (Å²) in [5.74, 6) is -0.351. The normalized spacial score (nSPS) is 13.4. The van der Waals surface area contributed by atoms with Crippen LogP contribution in [0.4, 0.5) is 11.4 Å². The summed E-state index contributed by atoms with van der Waals surface area (Å²) in [6.07, 6.45) is -1.13. The fourth-order valence-electron chi connectivity index (χ4n) is 2.43. The summed E-state index contributed by atoms with van der Waals surface area (Å²) in [4.78, 5) is 34.6. The van der Waals surface area contributed by atoms with Crippen molar-refractivity contribution in [2.75, 3.05) is 18.5 Å². The second kappa shape index (κ2) is 8.13. The van der Waals surface area contributed by atoms with Crippen LogP contribution < -0.4 is 14.8 Å². The quantitative estimate of drug-likeness (QED) is 0.460. The predicted octanol–water partition coefficient (Wildman–Crippen LogP) is 3.20. The van der Waals surface area contributed by atoms with Gasteiger partial charge in [-0.2, -0.15) is 0 Å². The number of nitro benzene ring substituents is 1. The molecule has 0 fully saturated rings. The van der Waals surface area contributed by atoms with E-state index in [0.29, 0.717) is 30.4 Å². The highest BCUT2D eigenvalue weighted by Crippen LogP contribution is 2.32. The number of carbonyl (C=O) groups excluding carboxylic acids is 2. The number of non-ortho nitro benzene ring substituents is 1. The van der Waals surface area contributed by atoms with E-state index < -0.39 is 22.9 Å². The molecule has 2 aromatic carbocycles. The van der Waals surface area contributed by atoms with Gasteiger partial charge in [-0.15, -0.1) is 0 Å². The van der Waals surface area contributed by atoms with Crippen molar-refractivity contribution in [2.24, 2.45) is 0 Å². The van der Waals surface area contributed by atoms with E-state index >= 15 is 0 Å². The molecule has 1 atom stereocenters. The van der Waals surface area contributed by atoms with E-state index in [0.717, 1.165) is 12.1 Å². The summed E-state index contributed by atoms with van der Waals surface area (Å²) in [6.45, 7) is 2.26. The number of nitrogens with one attached hydrogen (secondary N) is 1. The van der Waals surface area contributed by atoms with Crippen molar-refractivity contribution in [1.82, 2.24) is 0 Å².